The van der Waals surface area contributed by atoms with Crippen LogP contribution in [0.4, 0.5) is 11.5 Å². The van der Waals surface area contributed by atoms with E-state index in [0.717, 1.165) is 16.8 Å². The monoisotopic (exact) mass is 517 g/mol. The van der Waals surface area contributed by atoms with E-state index in [0.29, 0.717) is 47.2 Å². The van der Waals surface area contributed by atoms with E-state index in [9.17, 15) is 0 Å². The lowest BCUT2D eigenvalue weighted by atomic mass is 10.1. The van der Waals surface area contributed by atoms with Gasteiger partial charge in [0.05, 0.1) is 41.5 Å². The average molecular weight is 518 g/mol. The summed E-state index contributed by atoms with van der Waals surface area (Å²) >= 11 is 6.20. The molecule has 0 bridgehead atoms. The molecule has 1 fully saturated rings. The zero-order chi connectivity index (χ0) is 25.9. The Morgan fingerprint density at radius 2 is 1.92 bits per heavy atom. The number of nitrogen functional groups attached to an aromatic ring is 1. The van der Waals surface area contributed by atoms with Crippen molar-refractivity contribution < 1.29 is 4.74 Å². The largest absolute Gasteiger partial charge is 0.477 e. The molecule has 37 heavy (non-hydrogen) atoms. The third kappa shape index (κ3) is 5.67. The summed E-state index contributed by atoms with van der Waals surface area (Å²) in [5.74, 6) is 8.55. The van der Waals surface area contributed by atoms with E-state index in [1.165, 1.54) is 18.5 Å². The van der Waals surface area contributed by atoms with Gasteiger partial charge in [-0.25, -0.2) is 19.6 Å². The minimum absolute atomic E-state index is 0.0692. The summed E-state index contributed by atoms with van der Waals surface area (Å²) in [7, 11) is 3.78. The number of nitrogens with zero attached hydrogens (tertiary/aromatic N) is 7. The average Bonchev–Trinajstić information content (AvgIpc) is 3.54. The first-order valence-corrected chi connectivity index (χ1v) is 12.5. The van der Waals surface area contributed by atoms with Gasteiger partial charge in [0.25, 0.3) is 0 Å². The molecule has 0 saturated heterocycles. The standard InChI is InChI=1S/C26H28ClN9O/c1-16(9-11-37-26-20(15-32-36(26)3)25-29-10-8-23(28)34-25)33-21-12-22(27)30-13-18(21)6-7-19-14-31-35(2)24(19)17-4-5-17/h8,10,12-17H,4-5,9,11H2,1-3H3,(H,30,33)(H2,28,29,34)/t16-/m0/s1. The molecule has 1 aliphatic carbocycles. The van der Waals surface area contributed by atoms with Gasteiger partial charge in [-0.15, -0.1) is 0 Å². The van der Waals surface area contributed by atoms with Crippen LogP contribution >= 0.6 is 11.6 Å². The summed E-state index contributed by atoms with van der Waals surface area (Å²) in [6.45, 7) is 2.52. The predicted molar refractivity (Wildman–Crippen MR) is 142 cm³/mol. The zero-order valence-corrected chi connectivity index (χ0v) is 21.7. The number of nitrogens with one attached hydrogen (secondary N) is 1. The molecular formula is C26H28ClN9O. The molecule has 0 unspecified atom stereocenters. The van der Waals surface area contributed by atoms with Crippen LogP contribution in [0.25, 0.3) is 11.4 Å². The third-order valence-corrected chi connectivity index (χ3v) is 6.35. The third-order valence-electron chi connectivity index (χ3n) is 6.15. The van der Waals surface area contributed by atoms with Crippen LogP contribution in [0.15, 0.2) is 36.9 Å². The fraction of sp³-hybridized carbons (Fsp3) is 0.346. The predicted octanol–water partition coefficient (Wildman–Crippen LogP) is 3.79. The number of pyridine rings is 1. The summed E-state index contributed by atoms with van der Waals surface area (Å²) in [6, 6.07) is 3.50. The highest BCUT2D eigenvalue weighted by Gasteiger charge is 2.29. The number of ether oxygens (including phenoxy) is 1. The molecule has 10 nitrogen and oxygen atoms in total. The lowest BCUT2D eigenvalue weighted by Gasteiger charge is -2.17. The highest BCUT2D eigenvalue weighted by Crippen LogP contribution is 2.41. The lowest BCUT2D eigenvalue weighted by Crippen LogP contribution is -2.19. The molecule has 4 aromatic heterocycles. The summed E-state index contributed by atoms with van der Waals surface area (Å²) in [4.78, 5) is 12.8. The van der Waals surface area contributed by atoms with Gasteiger partial charge in [-0.3, -0.25) is 4.68 Å². The van der Waals surface area contributed by atoms with E-state index < -0.39 is 0 Å². The normalized spacial score (nSPS) is 13.6. The van der Waals surface area contributed by atoms with E-state index in [1.54, 1.807) is 35.4 Å². The lowest BCUT2D eigenvalue weighted by molar-refractivity contribution is 0.280. The van der Waals surface area contributed by atoms with Crippen LogP contribution in [0.3, 0.4) is 0 Å². The molecule has 190 valence electrons. The van der Waals surface area contributed by atoms with Crippen LogP contribution in [-0.4, -0.2) is 47.2 Å². The molecule has 3 N–H and O–H groups in total. The Morgan fingerprint density at radius 3 is 2.70 bits per heavy atom. The second-order valence-electron chi connectivity index (χ2n) is 9.12. The van der Waals surface area contributed by atoms with Gasteiger partial charge in [0.1, 0.15) is 16.5 Å². The van der Waals surface area contributed by atoms with E-state index in [2.05, 4.69) is 49.2 Å². The Hall–Kier alpha value is -4.10. The van der Waals surface area contributed by atoms with Gasteiger partial charge < -0.3 is 15.8 Å². The second-order valence-corrected chi connectivity index (χ2v) is 9.51. The molecular weight excluding hydrogens is 490 g/mol. The van der Waals surface area contributed by atoms with Crippen LogP contribution in [0.2, 0.25) is 5.15 Å². The Bertz CT molecular complexity index is 1480. The van der Waals surface area contributed by atoms with E-state index in [4.69, 9.17) is 22.1 Å². The van der Waals surface area contributed by atoms with Crippen LogP contribution in [0.5, 0.6) is 5.88 Å². The Morgan fingerprint density at radius 1 is 1.14 bits per heavy atom. The number of aromatic nitrogens is 7. The van der Waals surface area contributed by atoms with Crippen LogP contribution in [-0.2, 0) is 14.1 Å². The number of aryl methyl sites for hydroxylation is 2. The Labute approximate surface area is 220 Å². The van der Waals surface area contributed by atoms with E-state index in [-0.39, 0.29) is 6.04 Å². The number of anilines is 2. The van der Waals surface area contributed by atoms with Crippen LogP contribution in [0.1, 0.15) is 48.9 Å². The SMILES string of the molecule is C[C@@H](CCOc1c(-c2nccc(N)n2)cnn1C)Nc1cc(Cl)ncc1C#Cc1cnn(C)c1C1CC1. The van der Waals surface area contributed by atoms with Crippen molar-refractivity contribution >= 4 is 23.1 Å². The number of nitrogens with two attached hydrogens (primary N) is 1. The van der Waals surface area contributed by atoms with Gasteiger partial charge >= 0.3 is 0 Å². The molecule has 4 aromatic rings. The van der Waals surface area contributed by atoms with Crippen molar-refractivity contribution in [3.05, 3.63) is 58.9 Å². The first-order valence-electron chi connectivity index (χ1n) is 12.1. The summed E-state index contributed by atoms with van der Waals surface area (Å²) in [5.41, 5.74) is 10.3. The minimum Gasteiger partial charge on any atom is -0.477 e. The summed E-state index contributed by atoms with van der Waals surface area (Å²) < 4.78 is 9.66. The molecule has 0 spiro atoms. The van der Waals surface area contributed by atoms with E-state index >= 15 is 0 Å². The highest BCUT2D eigenvalue weighted by atomic mass is 35.5. The topological polar surface area (TPSA) is 122 Å². The molecule has 0 amide bonds. The highest BCUT2D eigenvalue weighted by molar-refractivity contribution is 6.29. The second kappa shape index (κ2) is 10.5. The minimum atomic E-state index is 0.0692. The van der Waals surface area contributed by atoms with Crippen molar-refractivity contribution in [3.8, 4) is 29.1 Å². The van der Waals surface area contributed by atoms with Crippen molar-refractivity contribution in [2.75, 3.05) is 17.7 Å². The van der Waals surface area contributed by atoms with Gasteiger partial charge in [0.15, 0.2) is 5.82 Å². The van der Waals surface area contributed by atoms with Crippen molar-refractivity contribution in [2.24, 2.45) is 14.1 Å². The summed E-state index contributed by atoms with van der Waals surface area (Å²) in [5, 5.41) is 12.6. The molecule has 1 atom stereocenters. The first-order chi connectivity index (χ1) is 17.9. The van der Waals surface area contributed by atoms with Crippen LogP contribution in [0, 0.1) is 11.8 Å². The Kier molecular flexibility index (Phi) is 6.97. The van der Waals surface area contributed by atoms with Gasteiger partial charge in [0.2, 0.25) is 5.88 Å². The molecule has 1 saturated carbocycles. The number of hydrogen-bond acceptors (Lipinski definition) is 8. The van der Waals surface area contributed by atoms with Crippen molar-refractivity contribution in [2.45, 2.75) is 38.1 Å². The smallest absolute Gasteiger partial charge is 0.222 e. The quantitative estimate of drug-likeness (QED) is 0.267. The van der Waals surface area contributed by atoms with E-state index in [1.807, 2.05) is 25.0 Å². The van der Waals surface area contributed by atoms with Crippen LogP contribution < -0.4 is 15.8 Å². The maximum atomic E-state index is 6.20. The maximum Gasteiger partial charge on any atom is 0.222 e. The maximum absolute atomic E-state index is 6.20. The fourth-order valence-corrected chi connectivity index (χ4v) is 4.25. The molecule has 0 aliphatic heterocycles. The van der Waals surface area contributed by atoms with Gasteiger partial charge in [-0.1, -0.05) is 23.4 Å². The number of hydrogen-bond donors (Lipinski definition) is 2. The molecule has 0 radical (unpaired) electrons. The molecule has 4 heterocycles. The zero-order valence-electron chi connectivity index (χ0n) is 20.9. The molecule has 0 aromatic carbocycles. The van der Waals surface area contributed by atoms with Crippen molar-refractivity contribution in [3.63, 3.8) is 0 Å². The molecule has 1 aliphatic rings. The van der Waals surface area contributed by atoms with Gasteiger partial charge in [-0.05, 0) is 31.9 Å². The molecule has 11 heteroatoms. The number of halogens is 1. The first kappa shape index (κ1) is 24.6. The van der Waals surface area contributed by atoms with Crippen molar-refractivity contribution in [1.82, 2.24) is 34.5 Å². The molecule has 5 rings (SSSR count). The van der Waals surface area contributed by atoms with Gasteiger partial charge in [0, 0.05) is 44.9 Å². The Balaban J connectivity index is 1.25. The summed E-state index contributed by atoms with van der Waals surface area (Å²) in [6.07, 6.45) is 9.91. The van der Waals surface area contributed by atoms with Gasteiger partial charge in [-0.2, -0.15) is 10.2 Å². The van der Waals surface area contributed by atoms with Crippen molar-refractivity contribution in [1.29, 1.82) is 0 Å². The number of rotatable bonds is 8. The fourth-order valence-electron chi connectivity index (χ4n) is 4.09.